The molecule has 1 aromatic rings. The molecule has 1 nitrogen and oxygen atoms in total. The maximum atomic E-state index is 11.3. The van der Waals surface area contributed by atoms with Crippen molar-refractivity contribution in [2.75, 3.05) is 0 Å². The van der Waals surface area contributed by atoms with Gasteiger partial charge in [-0.2, -0.15) is 0 Å². The van der Waals surface area contributed by atoms with Crippen LogP contribution in [-0.2, 0) is 17.6 Å². The van der Waals surface area contributed by atoms with Gasteiger partial charge < -0.3 is 0 Å². The molecule has 13 heavy (non-hydrogen) atoms. The second-order valence-corrected chi connectivity index (χ2v) is 4.15. The fraction of sp³-hybridized carbons (Fsp3) is 0.417. The van der Waals surface area contributed by atoms with Crippen LogP contribution in [0.3, 0.4) is 0 Å². The lowest BCUT2D eigenvalue weighted by Gasteiger charge is -2.04. The molecule has 1 aromatic carbocycles. The average molecular weight is 172 g/mol. The van der Waals surface area contributed by atoms with Crippen LogP contribution in [0.15, 0.2) is 18.2 Å². The van der Waals surface area contributed by atoms with E-state index in [1.54, 1.807) is 0 Å². The Balaban J connectivity index is 2.12. The smallest absolute Gasteiger partial charge is 0.141 e. The van der Waals surface area contributed by atoms with Crippen LogP contribution in [0.1, 0.15) is 35.4 Å². The van der Waals surface area contributed by atoms with Gasteiger partial charge in [-0.15, -0.1) is 0 Å². The Hall–Kier alpha value is -1.11. The molecule has 2 aliphatic rings. The highest BCUT2D eigenvalue weighted by Crippen LogP contribution is 2.43. The van der Waals surface area contributed by atoms with E-state index >= 15 is 0 Å². The number of benzene rings is 1. The minimum Gasteiger partial charge on any atom is -0.299 e. The molecule has 0 aromatic heterocycles. The predicted octanol–water partition coefficient (Wildman–Crippen LogP) is 2.23. The first-order valence-corrected chi connectivity index (χ1v) is 4.97. The van der Waals surface area contributed by atoms with Crippen molar-refractivity contribution in [3.63, 3.8) is 0 Å². The SMILES string of the molecule is O=C1Cc2cccc(C3CC3)c2C1. The molecule has 2 aliphatic carbocycles. The molecular formula is C12H12O. The first-order chi connectivity index (χ1) is 6.34. The first kappa shape index (κ1) is 7.31. The van der Waals surface area contributed by atoms with E-state index in [9.17, 15) is 4.79 Å². The summed E-state index contributed by atoms with van der Waals surface area (Å²) in [6.45, 7) is 0. The van der Waals surface area contributed by atoms with Gasteiger partial charge in [0.1, 0.15) is 5.78 Å². The van der Waals surface area contributed by atoms with Gasteiger partial charge in [-0.05, 0) is 35.4 Å². The molecule has 1 fully saturated rings. The van der Waals surface area contributed by atoms with Crippen molar-refractivity contribution in [2.45, 2.75) is 31.6 Å². The van der Waals surface area contributed by atoms with E-state index in [1.807, 2.05) is 0 Å². The Morgan fingerprint density at radius 1 is 1.15 bits per heavy atom. The summed E-state index contributed by atoms with van der Waals surface area (Å²) >= 11 is 0. The number of carbonyl (C=O) groups is 1. The van der Waals surface area contributed by atoms with Crippen molar-refractivity contribution in [2.24, 2.45) is 0 Å². The van der Waals surface area contributed by atoms with Gasteiger partial charge in [-0.3, -0.25) is 4.79 Å². The minimum absolute atomic E-state index is 0.392. The van der Waals surface area contributed by atoms with Crippen LogP contribution in [0.2, 0.25) is 0 Å². The molecule has 0 aliphatic heterocycles. The summed E-state index contributed by atoms with van der Waals surface area (Å²) in [6, 6.07) is 6.41. The molecule has 0 heterocycles. The standard InChI is InChI=1S/C12H12O/c13-10-6-9-2-1-3-11(8-4-5-8)12(9)7-10/h1-3,8H,4-7H2. The Labute approximate surface area is 77.8 Å². The van der Waals surface area contributed by atoms with Crippen molar-refractivity contribution in [1.29, 1.82) is 0 Å². The Morgan fingerprint density at radius 3 is 2.77 bits per heavy atom. The van der Waals surface area contributed by atoms with Crippen molar-refractivity contribution < 1.29 is 4.79 Å². The number of fused-ring (bicyclic) bond motifs is 1. The summed E-state index contributed by atoms with van der Waals surface area (Å²) in [5, 5.41) is 0. The van der Waals surface area contributed by atoms with Crippen LogP contribution in [0.5, 0.6) is 0 Å². The third-order valence-electron chi connectivity index (χ3n) is 3.09. The van der Waals surface area contributed by atoms with Gasteiger partial charge in [0.05, 0.1) is 0 Å². The summed E-state index contributed by atoms with van der Waals surface area (Å²) in [5.74, 6) is 1.17. The van der Waals surface area contributed by atoms with Gasteiger partial charge in [-0.25, -0.2) is 0 Å². The first-order valence-electron chi connectivity index (χ1n) is 4.97. The van der Waals surface area contributed by atoms with Gasteiger partial charge in [0.15, 0.2) is 0 Å². The van der Waals surface area contributed by atoms with Crippen LogP contribution in [0.4, 0.5) is 0 Å². The van der Waals surface area contributed by atoms with E-state index in [0.29, 0.717) is 18.6 Å². The normalized spacial score (nSPS) is 20.5. The lowest BCUT2D eigenvalue weighted by atomic mass is 10.00. The summed E-state index contributed by atoms with van der Waals surface area (Å²) in [5.41, 5.74) is 4.10. The molecule has 0 saturated heterocycles. The lowest BCUT2D eigenvalue weighted by Crippen LogP contribution is -1.94. The molecule has 0 amide bonds. The second kappa shape index (κ2) is 2.44. The third-order valence-corrected chi connectivity index (χ3v) is 3.09. The van der Waals surface area contributed by atoms with Gasteiger partial charge in [0, 0.05) is 12.8 Å². The number of carbonyl (C=O) groups excluding carboxylic acids is 1. The quantitative estimate of drug-likeness (QED) is 0.635. The van der Waals surface area contributed by atoms with E-state index in [1.165, 1.54) is 29.5 Å². The van der Waals surface area contributed by atoms with Crippen molar-refractivity contribution in [1.82, 2.24) is 0 Å². The highest BCUT2D eigenvalue weighted by Gasteiger charge is 2.29. The number of rotatable bonds is 1. The molecule has 0 bridgehead atoms. The largest absolute Gasteiger partial charge is 0.299 e. The van der Waals surface area contributed by atoms with Gasteiger partial charge in [0.2, 0.25) is 0 Å². The molecule has 0 unspecified atom stereocenters. The molecule has 0 N–H and O–H groups in total. The van der Waals surface area contributed by atoms with E-state index in [0.717, 1.165) is 5.92 Å². The van der Waals surface area contributed by atoms with Gasteiger partial charge >= 0.3 is 0 Å². The highest BCUT2D eigenvalue weighted by atomic mass is 16.1. The van der Waals surface area contributed by atoms with E-state index in [4.69, 9.17) is 0 Å². The number of hydrogen-bond acceptors (Lipinski definition) is 1. The summed E-state index contributed by atoms with van der Waals surface area (Å²) in [4.78, 5) is 11.3. The van der Waals surface area contributed by atoms with Crippen molar-refractivity contribution >= 4 is 5.78 Å². The van der Waals surface area contributed by atoms with E-state index < -0.39 is 0 Å². The fourth-order valence-electron chi connectivity index (χ4n) is 2.28. The van der Waals surface area contributed by atoms with Crippen LogP contribution < -0.4 is 0 Å². The van der Waals surface area contributed by atoms with Gasteiger partial charge in [0.25, 0.3) is 0 Å². The Kier molecular flexibility index (Phi) is 1.37. The molecular weight excluding hydrogens is 160 g/mol. The molecule has 66 valence electrons. The fourth-order valence-corrected chi connectivity index (χ4v) is 2.28. The summed E-state index contributed by atoms with van der Waals surface area (Å²) < 4.78 is 0. The van der Waals surface area contributed by atoms with E-state index in [2.05, 4.69) is 18.2 Å². The highest BCUT2D eigenvalue weighted by molar-refractivity contribution is 5.88. The molecule has 0 atom stereocenters. The molecule has 3 rings (SSSR count). The zero-order valence-corrected chi connectivity index (χ0v) is 7.55. The molecule has 0 radical (unpaired) electrons. The minimum atomic E-state index is 0.392. The molecule has 1 heteroatoms. The van der Waals surface area contributed by atoms with Crippen LogP contribution in [0, 0.1) is 0 Å². The second-order valence-electron chi connectivity index (χ2n) is 4.15. The van der Waals surface area contributed by atoms with Crippen LogP contribution in [0.25, 0.3) is 0 Å². The van der Waals surface area contributed by atoms with Crippen LogP contribution >= 0.6 is 0 Å². The number of ketones is 1. The third kappa shape index (κ3) is 1.11. The molecule has 0 spiro atoms. The van der Waals surface area contributed by atoms with Gasteiger partial charge in [-0.1, -0.05) is 18.2 Å². The topological polar surface area (TPSA) is 17.1 Å². The number of hydrogen-bond donors (Lipinski definition) is 0. The maximum absolute atomic E-state index is 11.3. The maximum Gasteiger partial charge on any atom is 0.141 e. The summed E-state index contributed by atoms with van der Waals surface area (Å²) in [7, 11) is 0. The Morgan fingerprint density at radius 2 is 2.00 bits per heavy atom. The average Bonchev–Trinajstić information content (AvgIpc) is 2.86. The molecule has 1 saturated carbocycles. The monoisotopic (exact) mass is 172 g/mol. The zero-order valence-electron chi connectivity index (χ0n) is 7.55. The number of Topliss-reactive ketones (excluding diaryl/α,β-unsaturated/α-hetero) is 1. The van der Waals surface area contributed by atoms with E-state index in [-0.39, 0.29) is 0 Å². The van der Waals surface area contributed by atoms with Crippen molar-refractivity contribution in [3.8, 4) is 0 Å². The van der Waals surface area contributed by atoms with Crippen LogP contribution in [-0.4, -0.2) is 5.78 Å². The lowest BCUT2D eigenvalue weighted by molar-refractivity contribution is -0.117. The Bertz CT molecular complexity index is 375. The predicted molar refractivity (Wildman–Crippen MR) is 50.8 cm³/mol. The van der Waals surface area contributed by atoms with Crippen molar-refractivity contribution in [3.05, 3.63) is 34.9 Å². The zero-order chi connectivity index (χ0) is 8.84. The summed E-state index contributed by atoms with van der Waals surface area (Å²) in [6.07, 6.45) is 4.02.